The number of fused-ring (bicyclic) bond motifs is 2. The molecule has 4 aliphatic heterocycles. The maximum atomic E-state index is 13.1. The summed E-state index contributed by atoms with van der Waals surface area (Å²) in [6, 6.07) is 9.07. The summed E-state index contributed by atoms with van der Waals surface area (Å²) >= 11 is 0. The Kier molecular flexibility index (Phi) is 7.05. The Balaban J connectivity index is 1.07. The standard InChI is InChI=1S/C30H29N5O7/c36-24(31-21-8-3-7-18-20(21)15-35(30(18)42)23-11-13-26(38)33-28(23)40)9-2-5-16-4-1-6-17-19(16)14-34(29(17)41)22-10-12-25(37)32-27(22)39/h1,3-4,6-8,22-23H,2,5,9-15H2,(H,31,36)(H,32,37,39)(H,33,38,40). The lowest BCUT2D eigenvalue weighted by Gasteiger charge is -2.29. The normalized spacial score (nSPS) is 21.7. The van der Waals surface area contributed by atoms with Crippen LogP contribution in [-0.4, -0.2) is 63.2 Å². The van der Waals surface area contributed by atoms with Crippen LogP contribution in [-0.2, 0) is 43.5 Å². The quantitative estimate of drug-likeness (QED) is 0.420. The van der Waals surface area contributed by atoms with Crippen molar-refractivity contribution >= 4 is 47.0 Å². The van der Waals surface area contributed by atoms with Gasteiger partial charge in [-0.25, -0.2) is 0 Å². The third kappa shape index (κ3) is 4.93. The highest BCUT2D eigenvalue weighted by Crippen LogP contribution is 2.33. The molecule has 12 heteroatoms. The van der Waals surface area contributed by atoms with E-state index in [1.807, 2.05) is 6.07 Å². The van der Waals surface area contributed by atoms with Crippen molar-refractivity contribution in [1.29, 1.82) is 0 Å². The number of anilines is 1. The van der Waals surface area contributed by atoms with Gasteiger partial charge >= 0.3 is 0 Å². The molecule has 6 rings (SSSR count). The van der Waals surface area contributed by atoms with Crippen LogP contribution in [0.1, 0.15) is 75.9 Å². The number of carbonyl (C=O) groups excluding carboxylic acids is 7. The molecular weight excluding hydrogens is 542 g/mol. The average molecular weight is 572 g/mol. The highest BCUT2D eigenvalue weighted by molar-refractivity contribution is 6.07. The number of aryl methyl sites for hydroxylation is 1. The van der Waals surface area contributed by atoms with Gasteiger partial charge in [-0.15, -0.1) is 0 Å². The first-order chi connectivity index (χ1) is 20.2. The Hall–Kier alpha value is -4.87. The summed E-state index contributed by atoms with van der Waals surface area (Å²) in [7, 11) is 0. The molecule has 12 nitrogen and oxygen atoms in total. The second-order valence-corrected chi connectivity index (χ2v) is 11.0. The zero-order valence-electron chi connectivity index (χ0n) is 22.7. The van der Waals surface area contributed by atoms with Gasteiger partial charge in [-0.2, -0.15) is 0 Å². The number of amides is 7. The summed E-state index contributed by atoms with van der Waals surface area (Å²) < 4.78 is 0. The fourth-order valence-electron chi connectivity index (χ4n) is 6.24. The van der Waals surface area contributed by atoms with Crippen molar-refractivity contribution in [2.24, 2.45) is 0 Å². The molecule has 4 aliphatic rings. The minimum Gasteiger partial charge on any atom is -0.326 e. The number of nitrogens with one attached hydrogen (secondary N) is 3. The Morgan fingerprint density at radius 2 is 1.31 bits per heavy atom. The number of benzene rings is 2. The van der Waals surface area contributed by atoms with Gasteiger partial charge in [0.25, 0.3) is 11.8 Å². The fraction of sp³-hybridized carbons (Fsp3) is 0.367. The number of rotatable bonds is 7. The molecule has 2 fully saturated rings. The summed E-state index contributed by atoms with van der Waals surface area (Å²) in [5.74, 6) is -2.42. The lowest BCUT2D eigenvalue weighted by molar-refractivity contribution is -0.138. The molecule has 0 bridgehead atoms. The van der Waals surface area contributed by atoms with Gasteiger partial charge < -0.3 is 15.1 Å². The van der Waals surface area contributed by atoms with Crippen LogP contribution < -0.4 is 16.0 Å². The van der Waals surface area contributed by atoms with E-state index in [4.69, 9.17) is 0 Å². The minimum atomic E-state index is -0.739. The van der Waals surface area contributed by atoms with Crippen molar-refractivity contribution in [2.75, 3.05) is 5.32 Å². The third-order valence-electron chi connectivity index (χ3n) is 8.39. The van der Waals surface area contributed by atoms with Crippen LogP contribution in [0.3, 0.4) is 0 Å². The van der Waals surface area contributed by atoms with E-state index in [0.717, 1.165) is 11.1 Å². The fourth-order valence-corrected chi connectivity index (χ4v) is 6.24. The zero-order chi connectivity index (χ0) is 29.5. The van der Waals surface area contributed by atoms with Crippen LogP contribution >= 0.6 is 0 Å². The molecule has 2 unspecified atom stereocenters. The number of imide groups is 2. The van der Waals surface area contributed by atoms with Crippen LogP contribution in [0.5, 0.6) is 0 Å². The highest BCUT2D eigenvalue weighted by atomic mass is 16.2. The SMILES string of the molecule is O=C1CCC(N2Cc3c(CCCC(=O)Nc4cccc5c4CN(C4CCC(=O)NC4=O)C5=O)cccc3C2=O)C(=O)N1. The summed E-state index contributed by atoms with van der Waals surface area (Å²) in [5, 5.41) is 7.49. The summed E-state index contributed by atoms with van der Waals surface area (Å²) in [6.07, 6.45) is 2.14. The van der Waals surface area contributed by atoms with Crippen LogP contribution in [0, 0.1) is 0 Å². The second-order valence-electron chi connectivity index (χ2n) is 11.0. The van der Waals surface area contributed by atoms with Crippen molar-refractivity contribution in [3.05, 3.63) is 64.2 Å². The first kappa shape index (κ1) is 27.3. The van der Waals surface area contributed by atoms with E-state index in [1.54, 1.807) is 30.3 Å². The molecular formula is C30H29N5O7. The molecule has 0 saturated carbocycles. The molecule has 2 atom stereocenters. The van der Waals surface area contributed by atoms with E-state index in [-0.39, 0.29) is 68.3 Å². The van der Waals surface area contributed by atoms with Gasteiger partial charge in [-0.3, -0.25) is 44.2 Å². The third-order valence-corrected chi connectivity index (χ3v) is 8.39. The van der Waals surface area contributed by atoms with Gasteiger partial charge in [0.2, 0.25) is 29.5 Å². The first-order valence-corrected chi connectivity index (χ1v) is 14.0. The largest absolute Gasteiger partial charge is 0.326 e. The van der Waals surface area contributed by atoms with Crippen LogP contribution in [0.2, 0.25) is 0 Å². The van der Waals surface area contributed by atoms with Crippen molar-refractivity contribution < 1.29 is 33.6 Å². The number of nitrogens with zero attached hydrogens (tertiary/aromatic N) is 2. The molecule has 0 aliphatic carbocycles. The molecule has 0 spiro atoms. The number of carbonyl (C=O) groups is 7. The van der Waals surface area contributed by atoms with Crippen LogP contribution in [0.4, 0.5) is 5.69 Å². The van der Waals surface area contributed by atoms with Gasteiger partial charge in [0.15, 0.2) is 0 Å². The Morgan fingerprint density at radius 3 is 1.90 bits per heavy atom. The van der Waals surface area contributed by atoms with E-state index in [1.165, 1.54) is 9.80 Å². The Labute approximate surface area is 240 Å². The Bertz CT molecular complexity index is 1570. The van der Waals surface area contributed by atoms with E-state index in [9.17, 15) is 33.6 Å². The van der Waals surface area contributed by atoms with Gasteiger partial charge in [0.1, 0.15) is 12.1 Å². The van der Waals surface area contributed by atoms with Crippen molar-refractivity contribution in [3.63, 3.8) is 0 Å². The summed E-state index contributed by atoms with van der Waals surface area (Å²) in [6.45, 7) is 0.432. The molecule has 216 valence electrons. The predicted octanol–water partition coefficient (Wildman–Crippen LogP) is 1.17. The summed E-state index contributed by atoms with van der Waals surface area (Å²) in [5.41, 5.74) is 3.85. The molecule has 4 heterocycles. The van der Waals surface area contributed by atoms with Gasteiger partial charge in [0, 0.05) is 54.7 Å². The Morgan fingerprint density at radius 1 is 0.762 bits per heavy atom. The molecule has 3 N–H and O–H groups in total. The monoisotopic (exact) mass is 571 g/mol. The number of hydrogen-bond donors (Lipinski definition) is 3. The molecule has 0 aromatic heterocycles. The maximum absolute atomic E-state index is 13.1. The highest BCUT2D eigenvalue weighted by Gasteiger charge is 2.41. The summed E-state index contributed by atoms with van der Waals surface area (Å²) in [4.78, 5) is 89.8. The van der Waals surface area contributed by atoms with E-state index >= 15 is 0 Å². The molecule has 7 amide bonds. The average Bonchev–Trinajstić information content (AvgIpc) is 3.47. The minimum absolute atomic E-state index is 0.157. The zero-order valence-corrected chi connectivity index (χ0v) is 22.7. The molecule has 2 aromatic rings. The van der Waals surface area contributed by atoms with Crippen LogP contribution in [0.15, 0.2) is 36.4 Å². The molecule has 2 saturated heterocycles. The number of piperidine rings is 2. The molecule has 42 heavy (non-hydrogen) atoms. The van der Waals surface area contributed by atoms with Gasteiger partial charge in [-0.05, 0) is 55.0 Å². The number of hydrogen-bond acceptors (Lipinski definition) is 7. The maximum Gasteiger partial charge on any atom is 0.255 e. The van der Waals surface area contributed by atoms with Gasteiger partial charge in [0.05, 0.1) is 0 Å². The van der Waals surface area contributed by atoms with Gasteiger partial charge in [-0.1, -0.05) is 18.2 Å². The first-order valence-electron chi connectivity index (χ1n) is 14.0. The van der Waals surface area contributed by atoms with Crippen molar-refractivity contribution in [3.8, 4) is 0 Å². The lowest BCUT2D eigenvalue weighted by atomic mass is 9.98. The predicted molar refractivity (Wildman–Crippen MR) is 147 cm³/mol. The smallest absolute Gasteiger partial charge is 0.255 e. The topological polar surface area (TPSA) is 162 Å². The van der Waals surface area contributed by atoms with Crippen molar-refractivity contribution in [1.82, 2.24) is 20.4 Å². The molecule has 0 radical (unpaired) electrons. The van der Waals surface area contributed by atoms with E-state index in [0.29, 0.717) is 41.6 Å². The van der Waals surface area contributed by atoms with Crippen molar-refractivity contribution in [2.45, 2.75) is 70.1 Å². The van der Waals surface area contributed by atoms with E-state index in [2.05, 4.69) is 16.0 Å². The lowest BCUT2D eigenvalue weighted by Crippen LogP contribution is -2.52. The van der Waals surface area contributed by atoms with Crippen LogP contribution in [0.25, 0.3) is 0 Å². The van der Waals surface area contributed by atoms with E-state index < -0.39 is 23.9 Å². The molecule has 2 aromatic carbocycles. The second kappa shape index (κ2) is 10.8.